The van der Waals surface area contributed by atoms with Gasteiger partial charge in [0.2, 0.25) is 0 Å². The first kappa shape index (κ1) is 17.5. The number of nitrogens with one attached hydrogen (secondary N) is 2. The molecule has 1 aliphatic rings. The van der Waals surface area contributed by atoms with Crippen molar-refractivity contribution in [1.82, 2.24) is 10.6 Å². The minimum Gasteiger partial charge on any atom is -0.467 e. The zero-order valence-electron chi connectivity index (χ0n) is 13.5. The Morgan fingerprint density at radius 1 is 1.20 bits per heavy atom. The predicted octanol–water partition coefficient (Wildman–Crippen LogP) is 3.39. The van der Waals surface area contributed by atoms with Gasteiger partial charge in [-0.3, -0.25) is 0 Å². The van der Waals surface area contributed by atoms with E-state index in [0.29, 0.717) is 48.0 Å². The Morgan fingerprint density at radius 2 is 2.04 bits per heavy atom. The van der Waals surface area contributed by atoms with Gasteiger partial charge in [-0.05, 0) is 35.7 Å². The number of carbonyl (C=O) groups excluding carboxylic acids is 1. The molecule has 0 saturated carbocycles. The van der Waals surface area contributed by atoms with E-state index in [1.807, 2.05) is 18.2 Å². The minimum atomic E-state index is -0.342. The summed E-state index contributed by atoms with van der Waals surface area (Å²) in [6, 6.07) is 9.83. The Hall–Kier alpha value is -2.31. The Labute approximate surface area is 150 Å². The second-order valence-corrected chi connectivity index (χ2v) is 6.02. The molecule has 2 aromatic rings. The summed E-state index contributed by atoms with van der Waals surface area (Å²) in [6.45, 7) is 1.17. The Morgan fingerprint density at radius 3 is 2.88 bits per heavy atom. The van der Waals surface area contributed by atoms with Crippen molar-refractivity contribution < 1.29 is 18.7 Å². The van der Waals surface area contributed by atoms with Gasteiger partial charge in [-0.1, -0.05) is 29.8 Å². The lowest BCUT2D eigenvalue weighted by Gasteiger charge is -2.21. The molecule has 1 aliphatic heterocycles. The monoisotopic (exact) mass is 364 g/mol. The molecule has 0 aliphatic carbocycles. The van der Waals surface area contributed by atoms with Crippen LogP contribution in [0.2, 0.25) is 5.02 Å². The molecular formula is C18H18ClFN2O3. The molecule has 0 saturated heterocycles. The van der Waals surface area contributed by atoms with Crippen LogP contribution in [0, 0.1) is 5.82 Å². The third-order valence-corrected chi connectivity index (χ3v) is 4.20. The van der Waals surface area contributed by atoms with E-state index in [2.05, 4.69) is 10.6 Å². The second-order valence-electron chi connectivity index (χ2n) is 5.61. The van der Waals surface area contributed by atoms with Crippen molar-refractivity contribution in [2.75, 3.05) is 13.3 Å². The number of benzene rings is 2. The SMILES string of the molecule is O=C(NCCc1cc(F)cc2c1OCOC2)NCc1ccccc1Cl. The summed E-state index contributed by atoms with van der Waals surface area (Å²) in [6.07, 6.45) is 0.458. The lowest BCUT2D eigenvalue weighted by molar-refractivity contribution is -0.0172. The van der Waals surface area contributed by atoms with Crippen LogP contribution < -0.4 is 15.4 Å². The van der Waals surface area contributed by atoms with Crippen LogP contribution in [-0.2, 0) is 24.3 Å². The zero-order chi connectivity index (χ0) is 17.6. The van der Waals surface area contributed by atoms with E-state index in [1.54, 1.807) is 6.07 Å². The van der Waals surface area contributed by atoms with Gasteiger partial charge in [0.15, 0.2) is 6.79 Å². The van der Waals surface area contributed by atoms with Crippen molar-refractivity contribution in [2.45, 2.75) is 19.6 Å². The van der Waals surface area contributed by atoms with E-state index < -0.39 is 0 Å². The van der Waals surface area contributed by atoms with E-state index >= 15 is 0 Å². The molecule has 0 fully saturated rings. The van der Waals surface area contributed by atoms with E-state index in [9.17, 15) is 9.18 Å². The highest BCUT2D eigenvalue weighted by Crippen LogP contribution is 2.29. The van der Waals surface area contributed by atoms with Gasteiger partial charge in [0.05, 0.1) is 6.61 Å². The van der Waals surface area contributed by atoms with Crippen molar-refractivity contribution in [3.05, 3.63) is 63.9 Å². The number of amides is 2. The Balaban J connectivity index is 1.50. The number of halogens is 2. The van der Waals surface area contributed by atoms with Crippen LogP contribution in [0.15, 0.2) is 36.4 Å². The van der Waals surface area contributed by atoms with E-state index in [0.717, 1.165) is 5.56 Å². The third-order valence-electron chi connectivity index (χ3n) is 3.83. The average Bonchev–Trinajstić information content (AvgIpc) is 2.61. The van der Waals surface area contributed by atoms with Crippen molar-refractivity contribution in [3.8, 4) is 5.75 Å². The van der Waals surface area contributed by atoms with Crippen LogP contribution in [0.25, 0.3) is 0 Å². The molecule has 2 aromatic carbocycles. The van der Waals surface area contributed by atoms with Gasteiger partial charge in [-0.15, -0.1) is 0 Å². The van der Waals surface area contributed by atoms with Crippen molar-refractivity contribution >= 4 is 17.6 Å². The second kappa shape index (κ2) is 8.18. The molecule has 25 heavy (non-hydrogen) atoms. The summed E-state index contributed by atoms with van der Waals surface area (Å²) in [5.41, 5.74) is 2.24. The van der Waals surface area contributed by atoms with Gasteiger partial charge in [0.1, 0.15) is 11.6 Å². The summed E-state index contributed by atoms with van der Waals surface area (Å²) < 4.78 is 24.3. The summed E-state index contributed by atoms with van der Waals surface area (Å²) in [7, 11) is 0. The van der Waals surface area contributed by atoms with Crippen molar-refractivity contribution in [1.29, 1.82) is 0 Å². The van der Waals surface area contributed by atoms with Gasteiger partial charge < -0.3 is 20.1 Å². The number of hydrogen-bond donors (Lipinski definition) is 2. The maximum Gasteiger partial charge on any atom is 0.315 e. The van der Waals surface area contributed by atoms with Gasteiger partial charge in [-0.2, -0.15) is 0 Å². The molecule has 0 radical (unpaired) electrons. The van der Waals surface area contributed by atoms with Crippen LogP contribution >= 0.6 is 11.6 Å². The highest BCUT2D eigenvalue weighted by Gasteiger charge is 2.16. The molecule has 1 heterocycles. The topological polar surface area (TPSA) is 59.6 Å². The first-order valence-corrected chi connectivity index (χ1v) is 8.28. The minimum absolute atomic E-state index is 0.150. The fourth-order valence-corrected chi connectivity index (χ4v) is 2.84. The van der Waals surface area contributed by atoms with Gasteiger partial charge in [-0.25, -0.2) is 9.18 Å². The third kappa shape index (κ3) is 4.61. The lowest BCUT2D eigenvalue weighted by atomic mass is 10.1. The van der Waals surface area contributed by atoms with Crippen molar-refractivity contribution in [2.24, 2.45) is 0 Å². The first-order valence-electron chi connectivity index (χ1n) is 7.90. The maximum atomic E-state index is 13.7. The van der Waals surface area contributed by atoms with Gasteiger partial charge in [0, 0.05) is 23.7 Å². The van der Waals surface area contributed by atoms with Crippen LogP contribution in [-0.4, -0.2) is 19.4 Å². The molecule has 3 rings (SSSR count). The summed E-state index contributed by atoms with van der Waals surface area (Å²) >= 11 is 6.04. The molecule has 5 nitrogen and oxygen atoms in total. The number of hydrogen-bond acceptors (Lipinski definition) is 3. The molecule has 132 valence electrons. The molecule has 0 bridgehead atoms. The molecule has 0 unspecified atom stereocenters. The number of fused-ring (bicyclic) bond motifs is 1. The van der Waals surface area contributed by atoms with Crippen LogP contribution in [0.1, 0.15) is 16.7 Å². The highest BCUT2D eigenvalue weighted by atomic mass is 35.5. The fraction of sp³-hybridized carbons (Fsp3) is 0.278. The number of urea groups is 1. The average molecular weight is 365 g/mol. The number of carbonyl (C=O) groups is 1. The normalized spacial score (nSPS) is 12.9. The quantitative estimate of drug-likeness (QED) is 0.855. The molecule has 7 heteroatoms. The van der Waals surface area contributed by atoms with Gasteiger partial charge in [0.25, 0.3) is 0 Å². The Kier molecular flexibility index (Phi) is 5.73. The largest absolute Gasteiger partial charge is 0.467 e. The Bertz CT molecular complexity index is 770. The fourth-order valence-electron chi connectivity index (χ4n) is 2.63. The smallest absolute Gasteiger partial charge is 0.315 e. The van der Waals surface area contributed by atoms with Crippen LogP contribution in [0.3, 0.4) is 0 Å². The van der Waals surface area contributed by atoms with Crippen LogP contribution in [0.4, 0.5) is 9.18 Å². The molecule has 0 aromatic heterocycles. The standard InChI is InChI=1S/C18H18ClFN2O3/c19-16-4-2-1-3-13(16)9-22-18(23)21-6-5-12-7-15(20)8-14-10-24-11-25-17(12)14/h1-4,7-8H,5-6,9-11H2,(H2,21,22,23). The maximum absolute atomic E-state index is 13.7. The van der Waals surface area contributed by atoms with E-state index in [1.165, 1.54) is 12.1 Å². The zero-order valence-corrected chi connectivity index (χ0v) is 14.2. The van der Waals surface area contributed by atoms with E-state index in [4.69, 9.17) is 21.1 Å². The summed E-state index contributed by atoms with van der Waals surface area (Å²) in [5.74, 6) is 0.303. The molecule has 2 N–H and O–H groups in total. The highest BCUT2D eigenvalue weighted by molar-refractivity contribution is 6.31. The number of rotatable bonds is 5. The predicted molar refractivity (Wildman–Crippen MR) is 92.1 cm³/mol. The summed E-state index contributed by atoms with van der Waals surface area (Å²) in [4.78, 5) is 11.9. The van der Waals surface area contributed by atoms with Crippen LogP contribution in [0.5, 0.6) is 5.75 Å². The summed E-state index contributed by atoms with van der Waals surface area (Å²) in [5, 5.41) is 6.09. The molecule has 0 spiro atoms. The van der Waals surface area contributed by atoms with E-state index in [-0.39, 0.29) is 18.6 Å². The molecular weight excluding hydrogens is 347 g/mol. The van der Waals surface area contributed by atoms with Crippen molar-refractivity contribution in [3.63, 3.8) is 0 Å². The number of ether oxygens (including phenoxy) is 2. The van der Waals surface area contributed by atoms with Gasteiger partial charge >= 0.3 is 6.03 Å². The first-order chi connectivity index (χ1) is 12.1. The molecule has 0 atom stereocenters. The lowest BCUT2D eigenvalue weighted by Crippen LogP contribution is -2.36. The molecule has 2 amide bonds.